The molecule has 0 atom stereocenters. The van der Waals surface area contributed by atoms with Crippen LogP contribution in [0.4, 0.5) is 0 Å². The smallest absolute Gasteiger partial charge is 0.164 e. The van der Waals surface area contributed by atoms with E-state index in [-0.39, 0.29) is 5.78 Å². The van der Waals surface area contributed by atoms with E-state index in [1.807, 2.05) is 10.8 Å². The molecule has 0 fully saturated rings. The van der Waals surface area contributed by atoms with E-state index in [4.69, 9.17) is 0 Å². The van der Waals surface area contributed by atoms with Crippen LogP contribution in [0.15, 0.2) is 15.2 Å². The Labute approximate surface area is 97.7 Å². The van der Waals surface area contributed by atoms with Crippen LogP contribution in [0.3, 0.4) is 0 Å². The number of thiophene rings is 1. The van der Waals surface area contributed by atoms with Crippen molar-refractivity contribution in [1.82, 2.24) is 0 Å². The molecule has 0 aliphatic carbocycles. The van der Waals surface area contributed by atoms with Crippen LogP contribution < -0.4 is 0 Å². The molecule has 14 heavy (non-hydrogen) atoms. The first-order valence-electron chi connectivity index (χ1n) is 5.00. The van der Waals surface area contributed by atoms with Gasteiger partial charge in [-0.3, -0.25) is 4.79 Å². The van der Waals surface area contributed by atoms with Crippen molar-refractivity contribution >= 4 is 33.0 Å². The van der Waals surface area contributed by atoms with Crippen LogP contribution in [0.25, 0.3) is 0 Å². The van der Waals surface area contributed by atoms with E-state index in [1.54, 1.807) is 11.3 Å². The van der Waals surface area contributed by atoms with Gasteiger partial charge in [-0.2, -0.15) is 11.3 Å². The van der Waals surface area contributed by atoms with Crippen LogP contribution in [0.1, 0.15) is 49.4 Å². The predicted molar refractivity (Wildman–Crippen MR) is 65.1 cm³/mol. The number of carbonyl (C=O) groups is 1. The number of hydrogen-bond donors (Lipinski definition) is 0. The molecule has 0 saturated carbocycles. The highest BCUT2D eigenvalue weighted by Crippen LogP contribution is 2.23. The summed E-state index contributed by atoms with van der Waals surface area (Å²) in [5.74, 6) is 0.272. The Hall–Kier alpha value is -0.150. The van der Waals surface area contributed by atoms with Gasteiger partial charge in [0.15, 0.2) is 5.78 Å². The Morgan fingerprint density at radius 3 is 2.71 bits per heavy atom. The van der Waals surface area contributed by atoms with Crippen molar-refractivity contribution in [2.24, 2.45) is 0 Å². The molecule has 0 aromatic carbocycles. The Balaban J connectivity index is 2.32. The SMILES string of the molecule is CCCCCCC(=O)c1cscc1Br. The van der Waals surface area contributed by atoms with Crippen molar-refractivity contribution in [2.75, 3.05) is 0 Å². The molecule has 0 amide bonds. The minimum absolute atomic E-state index is 0.272. The molecular weight excluding hydrogens is 260 g/mol. The second-order valence-electron chi connectivity index (χ2n) is 3.37. The Bertz CT molecular complexity index is 293. The van der Waals surface area contributed by atoms with E-state index < -0.39 is 0 Å². The molecule has 0 unspecified atom stereocenters. The maximum Gasteiger partial charge on any atom is 0.164 e. The van der Waals surface area contributed by atoms with Crippen molar-refractivity contribution in [3.63, 3.8) is 0 Å². The number of ketones is 1. The Kier molecular flexibility index (Phi) is 5.41. The average molecular weight is 275 g/mol. The van der Waals surface area contributed by atoms with Gasteiger partial charge in [0.1, 0.15) is 0 Å². The van der Waals surface area contributed by atoms with Crippen molar-refractivity contribution < 1.29 is 4.79 Å². The number of halogens is 1. The number of unbranched alkanes of at least 4 members (excludes halogenated alkanes) is 3. The Morgan fingerprint density at radius 2 is 2.14 bits per heavy atom. The first-order valence-corrected chi connectivity index (χ1v) is 6.74. The number of carbonyl (C=O) groups excluding carboxylic acids is 1. The van der Waals surface area contributed by atoms with Crippen LogP contribution in [-0.4, -0.2) is 5.78 Å². The molecule has 0 N–H and O–H groups in total. The van der Waals surface area contributed by atoms with Gasteiger partial charge in [0.2, 0.25) is 0 Å². The molecule has 0 bridgehead atoms. The van der Waals surface area contributed by atoms with Crippen LogP contribution >= 0.6 is 27.3 Å². The third-order valence-electron chi connectivity index (χ3n) is 2.17. The lowest BCUT2D eigenvalue weighted by Crippen LogP contribution is -1.97. The van der Waals surface area contributed by atoms with E-state index in [1.165, 1.54) is 19.3 Å². The number of Topliss-reactive ketones (excluding diaryl/α,β-unsaturated/α-hetero) is 1. The van der Waals surface area contributed by atoms with Crippen LogP contribution in [0.2, 0.25) is 0 Å². The normalized spacial score (nSPS) is 10.4. The van der Waals surface area contributed by atoms with Crippen LogP contribution in [-0.2, 0) is 0 Å². The van der Waals surface area contributed by atoms with E-state index in [0.717, 1.165) is 16.5 Å². The molecule has 0 radical (unpaired) electrons. The molecule has 3 heteroatoms. The van der Waals surface area contributed by atoms with Gasteiger partial charge in [-0.25, -0.2) is 0 Å². The first-order chi connectivity index (χ1) is 6.75. The fraction of sp³-hybridized carbons (Fsp3) is 0.545. The topological polar surface area (TPSA) is 17.1 Å². The molecule has 0 aliphatic rings. The summed E-state index contributed by atoms with van der Waals surface area (Å²) in [7, 11) is 0. The zero-order chi connectivity index (χ0) is 10.4. The summed E-state index contributed by atoms with van der Waals surface area (Å²) in [5.41, 5.74) is 0.853. The Morgan fingerprint density at radius 1 is 1.36 bits per heavy atom. The van der Waals surface area contributed by atoms with Crippen molar-refractivity contribution in [1.29, 1.82) is 0 Å². The van der Waals surface area contributed by atoms with Crippen LogP contribution in [0.5, 0.6) is 0 Å². The third-order valence-corrected chi connectivity index (χ3v) is 3.88. The molecule has 1 aromatic heterocycles. The lowest BCUT2D eigenvalue weighted by Gasteiger charge is -1.99. The lowest BCUT2D eigenvalue weighted by atomic mass is 10.1. The molecule has 1 rings (SSSR count). The quantitative estimate of drug-likeness (QED) is 0.545. The highest BCUT2D eigenvalue weighted by molar-refractivity contribution is 9.10. The lowest BCUT2D eigenvalue weighted by molar-refractivity contribution is 0.0979. The summed E-state index contributed by atoms with van der Waals surface area (Å²) in [4.78, 5) is 11.7. The van der Waals surface area contributed by atoms with Crippen molar-refractivity contribution in [3.8, 4) is 0 Å². The first kappa shape index (κ1) is 11.9. The molecule has 0 saturated heterocycles. The summed E-state index contributed by atoms with van der Waals surface area (Å²) < 4.78 is 0.947. The average Bonchev–Trinajstić information content (AvgIpc) is 2.59. The predicted octanol–water partition coefficient (Wildman–Crippen LogP) is 4.66. The second-order valence-corrected chi connectivity index (χ2v) is 4.97. The van der Waals surface area contributed by atoms with E-state index in [0.29, 0.717) is 6.42 Å². The number of hydrogen-bond acceptors (Lipinski definition) is 2. The van der Waals surface area contributed by atoms with Gasteiger partial charge in [0.25, 0.3) is 0 Å². The minimum atomic E-state index is 0.272. The zero-order valence-electron chi connectivity index (χ0n) is 8.38. The molecule has 1 nitrogen and oxygen atoms in total. The molecule has 0 aliphatic heterocycles. The maximum atomic E-state index is 11.7. The summed E-state index contributed by atoms with van der Waals surface area (Å²) in [6.45, 7) is 2.18. The van der Waals surface area contributed by atoms with E-state index in [9.17, 15) is 4.79 Å². The molecule has 1 aromatic rings. The number of rotatable bonds is 6. The summed E-state index contributed by atoms with van der Waals surface area (Å²) in [5, 5.41) is 3.88. The van der Waals surface area contributed by atoms with Crippen LogP contribution in [0, 0.1) is 0 Å². The van der Waals surface area contributed by atoms with Gasteiger partial charge < -0.3 is 0 Å². The molecule has 0 spiro atoms. The fourth-order valence-electron chi connectivity index (χ4n) is 1.33. The second kappa shape index (κ2) is 6.36. The molecular formula is C11H15BrOS. The van der Waals surface area contributed by atoms with Gasteiger partial charge in [0.05, 0.1) is 0 Å². The standard InChI is InChI=1S/C11H15BrOS/c1-2-3-4-5-6-11(13)9-7-14-8-10(9)12/h7-8H,2-6H2,1H3. The van der Waals surface area contributed by atoms with Gasteiger partial charge in [0, 0.05) is 27.2 Å². The van der Waals surface area contributed by atoms with Gasteiger partial charge in [-0.15, -0.1) is 0 Å². The van der Waals surface area contributed by atoms with Gasteiger partial charge in [-0.1, -0.05) is 26.2 Å². The van der Waals surface area contributed by atoms with Gasteiger partial charge >= 0.3 is 0 Å². The summed E-state index contributed by atoms with van der Waals surface area (Å²) >= 11 is 4.95. The van der Waals surface area contributed by atoms with Crippen molar-refractivity contribution in [2.45, 2.75) is 39.0 Å². The monoisotopic (exact) mass is 274 g/mol. The van der Waals surface area contributed by atoms with Crippen molar-refractivity contribution in [3.05, 3.63) is 20.8 Å². The highest BCUT2D eigenvalue weighted by Gasteiger charge is 2.09. The summed E-state index contributed by atoms with van der Waals surface area (Å²) in [6.07, 6.45) is 5.34. The summed E-state index contributed by atoms with van der Waals surface area (Å²) in [6, 6.07) is 0. The highest BCUT2D eigenvalue weighted by atomic mass is 79.9. The molecule has 1 heterocycles. The third kappa shape index (κ3) is 3.54. The maximum absolute atomic E-state index is 11.7. The van der Waals surface area contributed by atoms with E-state index in [2.05, 4.69) is 22.9 Å². The van der Waals surface area contributed by atoms with E-state index >= 15 is 0 Å². The fourth-order valence-corrected chi connectivity index (χ4v) is 2.85. The zero-order valence-corrected chi connectivity index (χ0v) is 10.8. The molecule has 78 valence electrons. The largest absolute Gasteiger partial charge is 0.294 e. The minimum Gasteiger partial charge on any atom is -0.294 e. The van der Waals surface area contributed by atoms with Gasteiger partial charge in [-0.05, 0) is 22.4 Å².